The van der Waals surface area contributed by atoms with Crippen LogP contribution >= 0.6 is 0 Å². The smallest absolute Gasteiger partial charge is 0.267 e. The van der Waals surface area contributed by atoms with Crippen LogP contribution in [0.3, 0.4) is 0 Å². The van der Waals surface area contributed by atoms with Gasteiger partial charge in [-0.25, -0.2) is 0 Å². The first-order valence-corrected chi connectivity index (χ1v) is 11.1. The Morgan fingerprint density at radius 2 is 1.82 bits per heavy atom. The predicted molar refractivity (Wildman–Crippen MR) is 126 cm³/mol. The van der Waals surface area contributed by atoms with Gasteiger partial charge in [0.2, 0.25) is 6.79 Å². The van der Waals surface area contributed by atoms with Gasteiger partial charge in [0.25, 0.3) is 11.8 Å². The quantitative estimate of drug-likeness (QED) is 0.531. The minimum Gasteiger partial charge on any atom is -0.494 e. The van der Waals surface area contributed by atoms with Gasteiger partial charge in [0.1, 0.15) is 11.5 Å². The van der Waals surface area contributed by atoms with Crippen molar-refractivity contribution >= 4 is 23.2 Å². The molecule has 1 unspecified atom stereocenters. The maximum atomic E-state index is 12.9. The first-order valence-electron chi connectivity index (χ1n) is 11.1. The summed E-state index contributed by atoms with van der Waals surface area (Å²) in [7, 11) is 0. The van der Waals surface area contributed by atoms with Crippen LogP contribution < -0.4 is 29.2 Å². The normalized spacial score (nSPS) is 16.0. The Kier molecular flexibility index (Phi) is 5.95. The molecule has 0 saturated carbocycles. The van der Waals surface area contributed by atoms with Gasteiger partial charge < -0.3 is 29.2 Å². The van der Waals surface area contributed by atoms with Gasteiger partial charge in [-0.2, -0.15) is 0 Å². The maximum absolute atomic E-state index is 12.9. The molecule has 3 aromatic carbocycles. The Morgan fingerprint density at radius 3 is 2.68 bits per heavy atom. The van der Waals surface area contributed by atoms with E-state index in [1.165, 1.54) is 0 Å². The van der Waals surface area contributed by atoms with E-state index >= 15 is 0 Å². The number of amides is 2. The lowest BCUT2D eigenvalue weighted by molar-refractivity contribution is -0.125. The van der Waals surface area contributed by atoms with Crippen molar-refractivity contribution < 1.29 is 28.5 Å². The second kappa shape index (κ2) is 9.35. The average molecular weight is 460 g/mol. The number of hydrogen-bond donors (Lipinski definition) is 1. The molecule has 1 atom stereocenters. The standard InChI is InChI=1S/C26H24N2O6/c1-17-26(30)28(12-5-13-31-20-6-3-2-4-7-20)21-15-19(9-11-22(21)34-17)27-25(29)18-8-10-23-24(14-18)33-16-32-23/h2-4,6-11,14-15,17H,5,12-13,16H2,1H3,(H,27,29). The molecule has 8 heteroatoms. The molecule has 0 aliphatic carbocycles. The zero-order chi connectivity index (χ0) is 23.5. The van der Waals surface area contributed by atoms with Crippen molar-refractivity contribution in [1.29, 1.82) is 0 Å². The molecule has 174 valence electrons. The summed E-state index contributed by atoms with van der Waals surface area (Å²) in [5, 5.41) is 2.88. The Balaban J connectivity index is 1.28. The van der Waals surface area contributed by atoms with Crippen LogP contribution in [0.1, 0.15) is 23.7 Å². The number of hydrogen-bond acceptors (Lipinski definition) is 6. The highest BCUT2D eigenvalue weighted by Gasteiger charge is 2.31. The molecule has 0 radical (unpaired) electrons. The molecule has 1 N–H and O–H groups in total. The minimum absolute atomic E-state index is 0.133. The zero-order valence-electron chi connectivity index (χ0n) is 18.7. The van der Waals surface area contributed by atoms with Crippen LogP contribution in [-0.2, 0) is 4.79 Å². The zero-order valence-corrected chi connectivity index (χ0v) is 18.7. The summed E-state index contributed by atoms with van der Waals surface area (Å²) in [6.45, 7) is 2.81. The van der Waals surface area contributed by atoms with Crippen molar-refractivity contribution in [2.24, 2.45) is 0 Å². The van der Waals surface area contributed by atoms with Gasteiger partial charge in [-0.1, -0.05) is 18.2 Å². The molecular formula is C26H24N2O6. The lowest BCUT2D eigenvalue weighted by atomic mass is 10.1. The van der Waals surface area contributed by atoms with E-state index in [2.05, 4.69) is 5.32 Å². The Hall–Kier alpha value is -4.20. The molecule has 2 heterocycles. The van der Waals surface area contributed by atoms with E-state index in [4.69, 9.17) is 18.9 Å². The van der Waals surface area contributed by atoms with Gasteiger partial charge in [-0.15, -0.1) is 0 Å². The van der Waals surface area contributed by atoms with Crippen LogP contribution in [0.15, 0.2) is 66.7 Å². The van der Waals surface area contributed by atoms with Crippen molar-refractivity contribution in [1.82, 2.24) is 0 Å². The fourth-order valence-electron chi connectivity index (χ4n) is 3.89. The van der Waals surface area contributed by atoms with Crippen molar-refractivity contribution in [3.05, 3.63) is 72.3 Å². The topological polar surface area (TPSA) is 86.3 Å². The summed E-state index contributed by atoms with van der Waals surface area (Å²) in [5.41, 5.74) is 1.61. The molecule has 0 saturated heterocycles. The molecule has 2 aliphatic rings. The number of nitrogens with zero attached hydrogens (tertiary/aromatic N) is 1. The van der Waals surface area contributed by atoms with Crippen LogP contribution in [0, 0.1) is 0 Å². The van der Waals surface area contributed by atoms with E-state index in [-0.39, 0.29) is 18.6 Å². The molecule has 2 amide bonds. The van der Waals surface area contributed by atoms with Crippen LogP contribution in [0.5, 0.6) is 23.0 Å². The third kappa shape index (κ3) is 4.47. The number of rotatable bonds is 7. The average Bonchev–Trinajstić information content (AvgIpc) is 3.33. The van der Waals surface area contributed by atoms with Crippen molar-refractivity contribution in [3.8, 4) is 23.0 Å². The third-order valence-electron chi connectivity index (χ3n) is 5.60. The molecule has 0 spiro atoms. The highest BCUT2D eigenvalue weighted by atomic mass is 16.7. The fraction of sp³-hybridized carbons (Fsp3) is 0.231. The van der Waals surface area contributed by atoms with Gasteiger partial charge in [0, 0.05) is 17.8 Å². The van der Waals surface area contributed by atoms with Crippen LogP contribution in [0.2, 0.25) is 0 Å². The van der Waals surface area contributed by atoms with Crippen molar-refractivity contribution in [2.45, 2.75) is 19.4 Å². The number of ether oxygens (including phenoxy) is 4. The number of benzene rings is 3. The van der Waals surface area contributed by atoms with Gasteiger partial charge in [-0.05, 0) is 61.9 Å². The van der Waals surface area contributed by atoms with Crippen LogP contribution in [-0.4, -0.2) is 37.9 Å². The second-order valence-electron chi connectivity index (χ2n) is 7.97. The molecule has 8 nitrogen and oxygen atoms in total. The van der Waals surface area contributed by atoms with E-state index in [0.29, 0.717) is 53.8 Å². The van der Waals surface area contributed by atoms with E-state index in [9.17, 15) is 9.59 Å². The summed E-state index contributed by atoms with van der Waals surface area (Å²) >= 11 is 0. The number of anilines is 2. The molecule has 0 aromatic heterocycles. The predicted octanol–water partition coefficient (Wildman–Crippen LogP) is 4.25. The highest BCUT2D eigenvalue weighted by molar-refractivity contribution is 6.06. The monoisotopic (exact) mass is 460 g/mol. The summed E-state index contributed by atoms with van der Waals surface area (Å²) in [6, 6.07) is 19.8. The van der Waals surface area contributed by atoms with E-state index in [0.717, 1.165) is 5.75 Å². The largest absolute Gasteiger partial charge is 0.494 e. The first kappa shape index (κ1) is 21.6. The maximum Gasteiger partial charge on any atom is 0.267 e. The summed E-state index contributed by atoms with van der Waals surface area (Å²) < 4.78 is 22.2. The minimum atomic E-state index is -0.586. The number of nitrogens with one attached hydrogen (secondary N) is 1. The number of carbonyl (C=O) groups is 2. The number of fused-ring (bicyclic) bond motifs is 2. The highest BCUT2D eigenvalue weighted by Crippen LogP contribution is 2.37. The Labute approximate surface area is 197 Å². The lowest BCUT2D eigenvalue weighted by Crippen LogP contribution is -2.45. The molecular weight excluding hydrogens is 436 g/mol. The summed E-state index contributed by atoms with van der Waals surface area (Å²) in [6.07, 6.45) is 0.0530. The number of para-hydroxylation sites is 1. The van der Waals surface area contributed by atoms with Crippen LogP contribution in [0.25, 0.3) is 0 Å². The van der Waals surface area contributed by atoms with Crippen LogP contribution in [0.4, 0.5) is 11.4 Å². The van der Waals surface area contributed by atoms with E-state index in [1.54, 1.807) is 48.2 Å². The Bertz CT molecular complexity index is 1210. The summed E-state index contributed by atoms with van der Waals surface area (Å²) in [5.74, 6) is 2.11. The van der Waals surface area contributed by atoms with E-state index in [1.807, 2.05) is 30.3 Å². The van der Waals surface area contributed by atoms with Gasteiger partial charge in [0.15, 0.2) is 17.6 Å². The molecule has 3 aromatic rings. The lowest BCUT2D eigenvalue weighted by Gasteiger charge is -2.33. The van der Waals surface area contributed by atoms with Crippen molar-refractivity contribution in [3.63, 3.8) is 0 Å². The molecule has 34 heavy (non-hydrogen) atoms. The SMILES string of the molecule is CC1Oc2ccc(NC(=O)c3ccc4c(c3)OCO4)cc2N(CCCOc2ccccc2)C1=O. The molecule has 0 bridgehead atoms. The third-order valence-corrected chi connectivity index (χ3v) is 5.60. The van der Waals surface area contributed by atoms with Gasteiger partial charge in [0.05, 0.1) is 12.3 Å². The second-order valence-corrected chi connectivity index (χ2v) is 7.97. The first-order chi connectivity index (χ1) is 16.6. The fourth-order valence-corrected chi connectivity index (χ4v) is 3.89. The van der Waals surface area contributed by atoms with E-state index < -0.39 is 6.10 Å². The molecule has 5 rings (SSSR count). The van der Waals surface area contributed by atoms with Gasteiger partial charge >= 0.3 is 0 Å². The molecule has 0 fully saturated rings. The molecule has 2 aliphatic heterocycles. The summed E-state index contributed by atoms with van der Waals surface area (Å²) in [4.78, 5) is 27.3. The number of carbonyl (C=O) groups excluding carboxylic acids is 2. The van der Waals surface area contributed by atoms with Crippen molar-refractivity contribution in [2.75, 3.05) is 30.2 Å². The Morgan fingerprint density at radius 1 is 1.03 bits per heavy atom. The van der Waals surface area contributed by atoms with Gasteiger partial charge in [-0.3, -0.25) is 9.59 Å².